The predicted octanol–water partition coefficient (Wildman–Crippen LogP) is 2.24. The first-order chi connectivity index (χ1) is 12.9. The number of anilines is 1. The number of carbonyl (C=O) groups excluding carboxylic acids is 1. The molecule has 2 aliphatic rings. The van der Waals surface area contributed by atoms with Crippen LogP contribution in [0.3, 0.4) is 0 Å². The van der Waals surface area contributed by atoms with Gasteiger partial charge in [-0.05, 0) is 49.9 Å². The van der Waals surface area contributed by atoms with Gasteiger partial charge in [-0.2, -0.15) is 0 Å². The molecule has 6 nitrogen and oxygen atoms in total. The highest BCUT2D eigenvalue weighted by Gasteiger charge is 2.39. The monoisotopic (exact) mass is 375 g/mol. The number of hydrogen-bond donors (Lipinski definition) is 1. The van der Waals surface area contributed by atoms with Gasteiger partial charge in [0.05, 0.1) is 26.9 Å². The summed E-state index contributed by atoms with van der Waals surface area (Å²) < 4.78 is 10.8. The number of ether oxygens (including phenoxy) is 2. The summed E-state index contributed by atoms with van der Waals surface area (Å²) in [4.78, 5) is 17.4. The number of hydrogen-bond acceptors (Lipinski definition) is 5. The Balaban J connectivity index is 1.64. The first-order valence-corrected chi connectivity index (χ1v) is 9.94. The third-order valence-electron chi connectivity index (χ3n) is 5.65. The summed E-state index contributed by atoms with van der Waals surface area (Å²) in [6.45, 7) is 12.2. The average molecular weight is 376 g/mol. The van der Waals surface area contributed by atoms with E-state index >= 15 is 0 Å². The number of nitrogens with zero attached hydrogens (tertiary/aromatic N) is 2. The number of amides is 1. The van der Waals surface area contributed by atoms with Crippen LogP contribution in [-0.4, -0.2) is 69.4 Å². The lowest BCUT2D eigenvalue weighted by Crippen LogP contribution is -2.54. The van der Waals surface area contributed by atoms with Gasteiger partial charge in [-0.1, -0.05) is 6.92 Å². The fraction of sp³-hybridized carbons (Fsp3) is 0.667. The molecule has 0 aromatic heterocycles. The normalized spacial score (nSPS) is 22.4. The summed E-state index contributed by atoms with van der Waals surface area (Å²) in [5.74, 6) is 1.36. The third kappa shape index (κ3) is 4.62. The summed E-state index contributed by atoms with van der Waals surface area (Å²) in [5.41, 5.74) is 2.00. The van der Waals surface area contributed by atoms with Crippen molar-refractivity contribution < 1.29 is 14.3 Å². The second-order valence-electron chi connectivity index (χ2n) is 8.20. The van der Waals surface area contributed by atoms with Crippen molar-refractivity contribution in [2.24, 2.45) is 0 Å². The molecule has 1 N–H and O–H groups in total. The van der Waals surface area contributed by atoms with Crippen molar-refractivity contribution in [3.8, 4) is 5.75 Å². The lowest BCUT2D eigenvalue weighted by molar-refractivity contribution is -0.119. The summed E-state index contributed by atoms with van der Waals surface area (Å²) in [7, 11) is 1.68. The maximum absolute atomic E-state index is 13.1. The van der Waals surface area contributed by atoms with Gasteiger partial charge in [0.1, 0.15) is 5.75 Å². The molecule has 1 saturated heterocycles. The van der Waals surface area contributed by atoms with Crippen molar-refractivity contribution >= 4 is 11.6 Å². The van der Waals surface area contributed by atoms with Gasteiger partial charge < -0.3 is 19.7 Å². The Morgan fingerprint density at radius 3 is 2.78 bits per heavy atom. The van der Waals surface area contributed by atoms with E-state index in [9.17, 15) is 4.79 Å². The first-order valence-electron chi connectivity index (χ1n) is 9.94. The molecule has 27 heavy (non-hydrogen) atoms. The Kier molecular flexibility index (Phi) is 6.40. The van der Waals surface area contributed by atoms with Crippen molar-refractivity contribution in [3.05, 3.63) is 23.8 Å². The molecule has 1 amide bonds. The highest BCUT2D eigenvalue weighted by molar-refractivity contribution is 5.97. The molecule has 0 radical (unpaired) electrons. The second-order valence-corrected chi connectivity index (χ2v) is 8.20. The second kappa shape index (κ2) is 8.59. The van der Waals surface area contributed by atoms with Crippen molar-refractivity contribution in [3.63, 3.8) is 0 Å². The van der Waals surface area contributed by atoms with Gasteiger partial charge in [0, 0.05) is 37.4 Å². The van der Waals surface area contributed by atoms with Gasteiger partial charge in [-0.15, -0.1) is 0 Å². The molecule has 0 saturated carbocycles. The van der Waals surface area contributed by atoms with Crippen LogP contribution in [0.15, 0.2) is 18.2 Å². The molecule has 0 aliphatic carbocycles. The van der Waals surface area contributed by atoms with Crippen LogP contribution in [0.4, 0.5) is 5.69 Å². The smallest absolute Gasteiger partial charge is 0.241 e. The van der Waals surface area contributed by atoms with Crippen LogP contribution in [0, 0.1) is 0 Å². The Labute approximate surface area is 162 Å². The van der Waals surface area contributed by atoms with E-state index in [4.69, 9.17) is 9.47 Å². The Bertz CT molecular complexity index is 656. The van der Waals surface area contributed by atoms with E-state index in [-0.39, 0.29) is 11.4 Å². The number of benzene rings is 1. The van der Waals surface area contributed by atoms with E-state index in [0.717, 1.165) is 57.3 Å². The number of methoxy groups -OCH3 is 1. The van der Waals surface area contributed by atoms with Crippen molar-refractivity contribution in [2.45, 2.75) is 38.6 Å². The van der Waals surface area contributed by atoms with E-state index in [1.807, 2.05) is 17.0 Å². The highest BCUT2D eigenvalue weighted by Crippen LogP contribution is 2.44. The van der Waals surface area contributed by atoms with Crippen LogP contribution in [0.2, 0.25) is 0 Å². The topological polar surface area (TPSA) is 54.0 Å². The molecule has 0 bridgehead atoms. The molecule has 1 aromatic rings. The molecule has 0 spiro atoms. The standard InChI is InChI=1S/C21H33N3O3/c1-16-14-21(2,3)24(19-6-5-17(26-4)13-18(16)19)20(25)15-22-7-8-23-9-11-27-12-10-23/h5-6,13,16,22H,7-12,14-15H2,1-4H3/t16-/m0/s1. The third-order valence-corrected chi connectivity index (χ3v) is 5.65. The Morgan fingerprint density at radius 1 is 1.33 bits per heavy atom. The molecule has 2 aliphatic heterocycles. The largest absolute Gasteiger partial charge is 0.497 e. The van der Waals surface area contributed by atoms with Crippen molar-refractivity contribution in [2.75, 3.05) is 57.9 Å². The predicted molar refractivity (Wildman–Crippen MR) is 108 cm³/mol. The van der Waals surface area contributed by atoms with E-state index < -0.39 is 0 Å². The number of carbonyl (C=O) groups is 1. The van der Waals surface area contributed by atoms with Gasteiger partial charge >= 0.3 is 0 Å². The van der Waals surface area contributed by atoms with Crippen LogP contribution in [0.5, 0.6) is 5.75 Å². The molecule has 3 rings (SSSR count). The lowest BCUT2D eigenvalue weighted by atomic mass is 9.80. The van der Waals surface area contributed by atoms with E-state index in [0.29, 0.717) is 12.5 Å². The van der Waals surface area contributed by atoms with Crippen molar-refractivity contribution in [1.29, 1.82) is 0 Å². The molecular formula is C21H33N3O3. The first kappa shape index (κ1) is 20.1. The fourth-order valence-electron chi connectivity index (χ4n) is 4.34. The van der Waals surface area contributed by atoms with Gasteiger partial charge in [-0.25, -0.2) is 0 Å². The van der Waals surface area contributed by atoms with Crippen LogP contribution >= 0.6 is 0 Å². The molecule has 1 aromatic carbocycles. The average Bonchev–Trinajstić information content (AvgIpc) is 2.65. The van der Waals surface area contributed by atoms with Crippen LogP contribution in [0.1, 0.15) is 38.7 Å². The van der Waals surface area contributed by atoms with Crippen LogP contribution in [0.25, 0.3) is 0 Å². The summed E-state index contributed by atoms with van der Waals surface area (Å²) >= 11 is 0. The minimum atomic E-state index is -0.204. The number of nitrogens with one attached hydrogen (secondary N) is 1. The van der Waals surface area contributed by atoms with E-state index in [1.165, 1.54) is 5.56 Å². The van der Waals surface area contributed by atoms with Crippen molar-refractivity contribution in [1.82, 2.24) is 10.2 Å². The highest BCUT2D eigenvalue weighted by atomic mass is 16.5. The van der Waals surface area contributed by atoms with Gasteiger partial charge in [0.2, 0.25) is 5.91 Å². The molecule has 6 heteroatoms. The maximum atomic E-state index is 13.1. The molecular weight excluding hydrogens is 342 g/mol. The van der Waals surface area contributed by atoms with E-state index in [2.05, 4.69) is 37.1 Å². The minimum absolute atomic E-state index is 0.125. The maximum Gasteiger partial charge on any atom is 0.241 e. The Hall–Kier alpha value is -1.63. The van der Waals surface area contributed by atoms with Gasteiger partial charge in [-0.3, -0.25) is 9.69 Å². The Morgan fingerprint density at radius 2 is 2.07 bits per heavy atom. The zero-order valence-electron chi connectivity index (χ0n) is 17.1. The number of morpholine rings is 1. The van der Waals surface area contributed by atoms with E-state index in [1.54, 1.807) is 7.11 Å². The quantitative estimate of drug-likeness (QED) is 0.773. The molecule has 0 unspecified atom stereocenters. The zero-order valence-corrected chi connectivity index (χ0v) is 17.1. The zero-order chi connectivity index (χ0) is 19.4. The lowest BCUT2D eigenvalue weighted by Gasteiger charge is -2.46. The summed E-state index contributed by atoms with van der Waals surface area (Å²) in [6.07, 6.45) is 0.937. The molecule has 150 valence electrons. The summed E-state index contributed by atoms with van der Waals surface area (Å²) in [6, 6.07) is 6.04. The molecule has 2 heterocycles. The summed E-state index contributed by atoms with van der Waals surface area (Å²) in [5, 5.41) is 3.33. The van der Waals surface area contributed by atoms with Crippen LogP contribution in [-0.2, 0) is 9.53 Å². The molecule has 1 atom stereocenters. The molecule has 1 fully saturated rings. The van der Waals surface area contributed by atoms with Gasteiger partial charge in [0.25, 0.3) is 0 Å². The minimum Gasteiger partial charge on any atom is -0.497 e. The SMILES string of the molecule is COc1ccc2c(c1)[C@@H](C)CC(C)(C)N2C(=O)CNCCN1CCOCC1. The number of rotatable bonds is 6. The van der Waals surface area contributed by atoms with Gasteiger partial charge in [0.15, 0.2) is 0 Å². The fourth-order valence-corrected chi connectivity index (χ4v) is 4.34. The number of fused-ring (bicyclic) bond motifs is 1. The van der Waals surface area contributed by atoms with Crippen LogP contribution < -0.4 is 15.0 Å².